The van der Waals surface area contributed by atoms with Crippen LogP contribution >= 0.6 is 23.7 Å². The Balaban J connectivity index is 0.00000210. The van der Waals surface area contributed by atoms with E-state index in [-0.39, 0.29) is 18.3 Å². The topological polar surface area (TPSA) is 44.4 Å². The second-order valence-electron chi connectivity index (χ2n) is 7.70. The molecule has 0 bridgehead atoms. The highest BCUT2D eigenvalue weighted by Gasteiger charge is 2.39. The maximum absolute atomic E-state index is 13.0. The second kappa shape index (κ2) is 8.63. The van der Waals surface area contributed by atoms with Gasteiger partial charge in [-0.3, -0.25) is 4.79 Å². The van der Waals surface area contributed by atoms with Gasteiger partial charge in [-0.05, 0) is 63.1 Å². The maximum atomic E-state index is 13.0. The summed E-state index contributed by atoms with van der Waals surface area (Å²) in [6.45, 7) is 6.84. The number of halogens is 1. The zero-order valence-corrected chi connectivity index (χ0v) is 17.4. The summed E-state index contributed by atoms with van der Waals surface area (Å²) in [7, 11) is 0. The summed E-state index contributed by atoms with van der Waals surface area (Å²) in [5, 5.41) is 6.93. The van der Waals surface area contributed by atoms with Gasteiger partial charge in [0.1, 0.15) is 0 Å². The molecule has 2 aromatic rings. The number of carbonyl (C=O) groups is 1. The van der Waals surface area contributed by atoms with E-state index < -0.39 is 0 Å². The highest BCUT2D eigenvalue weighted by Crippen LogP contribution is 2.36. The number of nitrogens with zero attached hydrogens (tertiary/aromatic N) is 1. The lowest BCUT2D eigenvalue weighted by molar-refractivity contribution is 0.0553. The van der Waals surface area contributed by atoms with Crippen molar-refractivity contribution >= 4 is 35.3 Å². The van der Waals surface area contributed by atoms with E-state index in [1.165, 1.54) is 22.6 Å². The van der Waals surface area contributed by atoms with Gasteiger partial charge in [0.25, 0.3) is 5.91 Å². The van der Waals surface area contributed by atoms with Crippen LogP contribution in [-0.2, 0) is 6.54 Å². The lowest BCUT2D eigenvalue weighted by atomic mass is 9.79. The first-order chi connectivity index (χ1) is 12.6. The van der Waals surface area contributed by atoms with E-state index in [4.69, 9.17) is 0 Å². The van der Waals surface area contributed by atoms with Crippen molar-refractivity contribution in [3.63, 3.8) is 0 Å². The minimum Gasteiger partial charge on any atom is -0.380 e. The second-order valence-corrected chi connectivity index (χ2v) is 9.08. The number of hydrogen-bond acceptors (Lipinski definition) is 4. The molecular formula is C21H28ClN3OS. The summed E-state index contributed by atoms with van der Waals surface area (Å²) in [5.41, 5.74) is 2.11. The molecule has 2 aliphatic heterocycles. The minimum atomic E-state index is 0. The normalized spacial score (nSPS) is 21.9. The summed E-state index contributed by atoms with van der Waals surface area (Å²) in [6.07, 6.45) is 3.55. The first kappa shape index (κ1) is 20.2. The van der Waals surface area contributed by atoms with Gasteiger partial charge in [0.05, 0.1) is 0 Å². The number of aryl methyl sites for hydroxylation is 1. The van der Waals surface area contributed by atoms with E-state index in [1.54, 1.807) is 0 Å². The molecule has 1 aromatic heterocycles. The molecule has 1 aromatic carbocycles. The van der Waals surface area contributed by atoms with Crippen LogP contribution in [0, 0.1) is 12.3 Å². The first-order valence-corrected chi connectivity index (χ1v) is 10.3. The third kappa shape index (κ3) is 4.65. The van der Waals surface area contributed by atoms with Crippen molar-refractivity contribution in [1.82, 2.24) is 10.2 Å². The average molecular weight is 406 g/mol. The molecule has 0 aliphatic carbocycles. The molecule has 0 saturated carbocycles. The van der Waals surface area contributed by atoms with Crippen molar-refractivity contribution in [2.45, 2.75) is 32.7 Å². The molecule has 0 radical (unpaired) electrons. The fourth-order valence-electron chi connectivity index (χ4n) is 4.24. The van der Waals surface area contributed by atoms with Crippen molar-refractivity contribution < 1.29 is 4.79 Å². The summed E-state index contributed by atoms with van der Waals surface area (Å²) in [6, 6.07) is 12.3. The quantitative estimate of drug-likeness (QED) is 0.796. The maximum Gasteiger partial charge on any atom is 0.253 e. The summed E-state index contributed by atoms with van der Waals surface area (Å²) >= 11 is 1.81. The van der Waals surface area contributed by atoms with Crippen LogP contribution in [0.1, 0.15) is 39.4 Å². The molecule has 1 atom stereocenters. The Morgan fingerprint density at radius 2 is 2.19 bits per heavy atom. The molecule has 2 aliphatic rings. The number of likely N-dealkylation sites (tertiary alicyclic amines) is 1. The number of anilines is 1. The highest BCUT2D eigenvalue weighted by molar-refractivity contribution is 7.11. The molecule has 3 heterocycles. The molecule has 2 N–H and O–H groups in total. The van der Waals surface area contributed by atoms with Gasteiger partial charge in [-0.25, -0.2) is 0 Å². The fraction of sp³-hybridized carbons (Fsp3) is 0.476. The monoisotopic (exact) mass is 405 g/mol. The zero-order chi connectivity index (χ0) is 18.0. The molecule has 4 nitrogen and oxygen atoms in total. The average Bonchev–Trinajstić information content (AvgIpc) is 3.29. The molecule has 1 amide bonds. The Labute approximate surface area is 171 Å². The molecule has 1 spiro atoms. The standard InChI is InChI=1S/C21H27N3OS.ClH/c1-16-6-7-19(26-16)13-23-18-5-2-4-17(12-18)20(25)24-11-3-8-21(15-24)9-10-22-14-21;/h2,4-7,12,22-23H,3,8-11,13-15H2,1H3;1H. The smallest absolute Gasteiger partial charge is 0.253 e. The summed E-state index contributed by atoms with van der Waals surface area (Å²) in [4.78, 5) is 17.8. The van der Waals surface area contributed by atoms with Crippen LogP contribution in [0.3, 0.4) is 0 Å². The van der Waals surface area contributed by atoms with Crippen molar-refractivity contribution in [2.24, 2.45) is 5.41 Å². The van der Waals surface area contributed by atoms with Crippen LogP contribution < -0.4 is 10.6 Å². The minimum absolute atomic E-state index is 0. The Hall–Kier alpha value is -1.56. The number of rotatable bonds is 4. The predicted octanol–water partition coefficient (Wildman–Crippen LogP) is 4.31. The third-order valence-electron chi connectivity index (χ3n) is 5.65. The number of thiophene rings is 1. The van der Waals surface area contributed by atoms with Crippen LogP contribution in [0.15, 0.2) is 36.4 Å². The Morgan fingerprint density at radius 1 is 1.30 bits per heavy atom. The highest BCUT2D eigenvalue weighted by atomic mass is 35.5. The predicted molar refractivity (Wildman–Crippen MR) is 115 cm³/mol. The molecule has 2 fully saturated rings. The largest absolute Gasteiger partial charge is 0.380 e. The van der Waals surface area contributed by atoms with Gasteiger partial charge in [-0.15, -0.1) is 23.7 Å². The Morgan fingerprint density at radius 3 is 2.93 bits per heavy atom. The van der Waals surface area contributed by atoms with E-state index in [9.17, 15) is 4.79 Å². The molecule has 2 saturated heterocycles. The van der Waals surface area contributed by atoms with Crippen molar-refractivity contribution in [3.05, 3.63) is 51.7 Å². The van der Waals surface area contributed by atoms with E-state index in [2.05, 4.69) is 34.6 Å². The Bertz CT molecular complexity index is 785. The van der Waals surface area contributed by atoms with Gasteiger partial charge in [0.2, 0.25) is 0 Å². The van der Waals surface area contributed by atoms with Crippen LogP contribution in [-0.4, -0.2) is 37.0 Å². The van der Waals surface area contributed by atoms with E-state index in [0.717, 1.165) is 50.4 Å². The molecule has 1 unspecified atom stereocenters. The number of carbonyl (C=O) groups excluding carboxylic acids is 1. The molecule has 6 heteroatoms. The van der Waals surface area contributed by atoms with Gasteiger partial charge >= 0.3 is 0 Å². The number of benzene rings is 1. The Kier molecular flexibility index (Phi) is 6.45. The first-order valence-electron chi connectivity index (χ1n) is 9.53. The van der Waals surface area contributed by atoms with Crippen molar-refractivity contribution in [3.8, 4) is 0 Å². The van der Waals surface area contributed by atoms with Crippen LogP contribution in [0.25, 0.3) is 0 Å². The van der Waals surface area contributed by atoms with E-state index in [1.807, 2.05) is 35.6 Å². The summed E-state index contributed by atoms with van der Waals surface area (Å²) < 4.78 is 0. The van der Waals surface area contributed by atoms with Crippen molar-refractivity contribution in [1.29, 1.82) is 0 Å². The van der Waals surface area contributed by atoms with Gasteiger partial charge in [0.15, 0.2) is 0 Å². The van der Waals surface area contributed by atoms with E-state index in [0.29, 0.717) is 5.41 Å². The zero-order valence-electron chi connectivity index (χ0n) is 15.8. The van der Waals surface area contributed by atoms with Gasteiger partial charge in [-0.1, -0.05) is 6.07 Å². The molecular weight excluding hydrogens is 378 g/mol. The molecule has 146 valence electrons. The number of hydrogen-bond donors (Lipinski definition) is 2. The third-order valence-corrected chi connectivity index (χ3v) is 6.65. The SMILES string of the molecule is Cc1ccc(CNc2cccc(C(=O)N3CCCC4(CCNC4)C3)c2)s1.Cl. The lowest BCUT2D eigenvalue weighted by Crippen LogP contribution is -2.47. The van der Waals surface area contributed by atoms with Gasteiger partial charge in [0, 0.05) is 52.6 Å². The lowest BCUT2D eigenvalue weighted by Gasteiger charge is -2.40. The number of nitrogens with one attached hydrogen (secondary N) is 2. The number of amides is 1. The summed E-state index contributed by atoms with van der Waals surface area (Å²) in [5.74, 6) is 0.173. The van der Waals surface area contributed by atoms with Crippen LogP contribution in [0.2, 0.25) is 0 Å². The van der Waals surface area contributed by atoms with E-state index >= 15 is 0 Å². The molecule has 27 heavy (non-hydrogen) atoms. The fourth-order valence-corrected chi connectivity index (χ4v) is 5.07. The molecule has 4 rings (SSSR count). The number of piperidine rings is 1. The van der Waals surface area contributed by atoms with Crippen LogP contribution in [0.5, 0.6) is 0 Å². The van der Waals surface area contributed by atoms with Crippen LogP contribution in [0.4, 0.5) is 5.69 Å². The van der Waals surface area contributed by atoms with Crippen molar-refractivity contribution in [2.75, 3.05) is 31.5 Å². The van der Waals surface area contributed by atoms with Gasteiger partial charge < -0.3 is 15.5 Å². The van der Waals surface area contributed by atoms with Gasteiger partial charge in [-0.2, -0.15) is 0 Å².